The summed E-state index contributed by atoms with van der Waals surface area (Å²) in [5, 5.41) is 20.4. The Labute approximate surface area is 163 Å². The first-order chi connectivity index (χ1) is 13.1. The summed E-state index contributed by atoms with van der Waals surface area (Å²) in [5.74, 6) is -1.32. The quantitative estimate of drug-likeness (QED) is 0.594. The van der Waals surface area contributed by atoms with Crippen LogP contribution < -0.4 is 9.47 Å². The number of carbonyl (C=O) groups is 2. The zero-order valence-corrected chi connectivity index (χ0v) is 16.8. The molecule has 7 heteroatoms. The number of benzene rings is 2. The van der Waals surface area contributed by atoms with E-state index in [1.807, 2.05) is 0 Å². The molecular formula is C21H24O7. The summed E-state index contributed by atoms with van der Waals surface area (Å²) in [6, 6.07) is 2.95. The van der Waals surface area contributed by atoms with Gasteiger partial charge in [-0.2, -0.15) is 0 Å². The van der Waals surface area contributed by atoms with Crippen molar-refractivity contribution in [2.75, 3.05) is 13.7 Å². The van der Waals surface area contributed by atoms with Gasteiger partial charge in [-0.15, -0.1) is 0 Å². The van der Waals surface area contributed by atoms with Crippen molar-refractivity contribution in [1.29, 1.82) is 0 Å². The van der Waals surface area contributed by atoms with E-state index < -0.39 is 11.9 Å². The number of carbonyl (C=O) groups excluding carboxylic acids is 2. The molecule has 0 aliphatic heterocycles. The molecule has 28 heavy (non-hydrogen) atoms. The van der Waals surface area contributed by atoms with Crippen LogP contribution in [0.5, 0.6) is 23.0 Å². The molecule has 150 valence electrons. The molecule has 0 saturated carbocycles. The minimum Gasteiger partial charge on any atom is -0.508 e. The average Bonchev–Trinajstić information content (AvgIpc) is 2.62. The molecule has 0 unspecified atom stereocenters. The normalized spacial score (nSPS) is 10.5. The van der Waals surface area contributed by atoms with Gasteiger partial charge in [-0.25, -0.2) is 9.59 Å². The molecule has 0 saturated heterocycles. The Morgan fingerprint density at radius 3 is 2.11 bits per heavy atom. The maximum atomic E-state index is 12.8. The van der Waals surface area contributed by atoms with E-state index in [-0.39, 0.29) is 46.3 Å². The van der Waals surface area contributed by atoms with Gasteiger partial charge in [0.1, 0.15) is 34.1 Å². The zero-order chi connectivity index (χ0) is 21.2. The lowest BCUT2D eigenvalue weighted by atomic mass is 10.0. The molecule has 7 nitrogen and oxygen atoms in total. The van der Waals surface area contributed by atoms with Crippen molar-refractivity contribution in [3.05, 3.63) is 45.5 Å². The number of rotatable bonds is 5. The molecule has 2 N–H and O–H groups in total. The van der Waals surface area contributed by atoms with Gasteiger partial charge in [0.15, 0.2) is 0 Å². The molecule has 0 amide bonds. The maximum absolute atomic E-state index is 12.8. The lowest BCUT2D eigenvalue weighted by molar-refractivity contribution is 0.0522. The highest BCUT2D eigenvalue weighted by molar-refractivity contribution is 5.98. The predicted octanol–water partition coefficient (Wildman–Crippen LogP) is 3.74. The van der Waals surface area contributed by atoms with Crippen molar-refractivity contribution in [2.45, 2.75) is 34.6 Å². The molecule has 2 aromatic carbocycles. The third kappa shape index (κ3) is 3.74. The summed E-state index contributed by atoms with van der Waals surface area (Å²) >= 11 is 0. The molecule has 0 fully saturated rings. The van der Waals surface area contributed by atoms with Crippen molar-refractivity contribution in [3.8, 4) is 23.0 Å². The summed E-state index contributed by atoms with van der Waals surface area (Å²) in [5.41, 5.74) is 1.74. The lowest BCUT2D eigenvalue weighted by Gasteiger charge is -2.17. The Balaban J connectivity index is 2.49. The second-order valence-electron chi connectivity index (χ2n) is 6.40. The summed E-state index contributed by atoms with van der Waals surface area (Å²) in [6.07, 6.45) is 0. The highest BCUT2D eigenvalue weighted by Gasteiger charge is 2.25. The zero-order valence-electron chi connectivity index (χ0n) is 16.8. The van der Waals surface area contributed by atoms with Crippen LogP contribution in [-0.4, -0.2) is 35.9 Å². The average molecular weight is 388 g/mol. The number of esters is 2. The molecule has 0 heterocycles. The van der Waals surface area contributed by atoms with Gasteiger partial charge in [-0.3, -0.25) is 0 Å². The van der Waals surface area contributed by atoms with Crippen LogP contribution in [0.4, 0.5) is 0 Å². The summed E-state index contributed by atoms with van der Waals surface area (Å²) in [6.45, 7) is 8.26. The van der Waals surface area contributed by atoms with Gasteiger partial charge in [0, 0.05) is 11.1 Å². The number of aromatic hydroxyl groups is 2. The topological polar surface area (TPSA) is 102 Å². The molecule has 2 rings (SSSR count). The fourth-order valence-electron chi connectivity index (χ4n) is 2.96. The Hall–Kier alpha value is -3.22. The number of hydrogen-bond donors (Lipinski definition) is 2. The molecule has 2 aromatic rings. The second-order valence-corrected chi connectivity index (χ2v) is 6.40. The third-order valence-corrected chi connectivity index (χ3v) is 4.49. The van der Waals surface area contributed by atoms with Gasteiger partial charge in [0.2, 0.25) is 0 Å². The van der Waals surface area contributed by atoms with Crippen LogP contribution in [0.1, 0.15) is 49.9 Å². The highest BCUT2D eigenvalue weighted by Crippen LogP contribution is 2.37. The van der Waals surface area contributed by atoms with Crippen LogP contribution in [0.2, 0.25) is 0 Å². The molecule has 0 bridgehead atoms. The number of methoxy groups -OCH3 is 1. The largest absolute Gasteiger partial charge is 0.508 e. The molecule has 0 atom stereocenters. The summed E-state index contributed by atoms with van der Waals surface area (Å²) < 4.78 is 15.7. The van der Waals surface area contributed by atoms with E-state index in [1.165, 1.54) is 26.2 Å². The number of aryl methyl sites for hydroxylation is 2. The van der Waals surface area contributed by atoms with Crippen LogP contribution >= 0.6 is 0 Å². The van der Waals surface area contributed by atoms with Crippen LogP contribution in [0.3, 0.4) is 0 Å². The van der Waals surface area contributed by atoms with E-state index in [0.29, 0.717) is 16.7 Å². The molecule has 0 aliphatic rings. The van der Waals surface area contributed by atoms with Gasteiger partial charge >= 0.3 is 11.9 Å². The van der Waals surface area contributed by atoms with E-state index in [9.17, 15) is 19.8 Å². The predicted molar refractivity (Wildman–Crippen MR) is 103 cm³/mol. The lowest BCUT2D eigenvalue weighted by Crippen LogP contribution is -2.15. The molecule has 0 aromatic heterocycles. The van der Waals surface area contributed by atoms with E-state index >= 15 is 0 Å². The number of hydrogen-bond acceptors (Lipinski definition) is 7. The van der Waals surface area contributed by atoms with E-state index in [2.05, 4.69) is 0 Å². The number of phenolic OH excluding ortho intramolecular Hbond substituents is 2. The smallest absolute Gasteiger partial charge is 0.347 e. The van der Waals surface area contributed by atoms with Crippen molar-refractivity contribution >= 4 is 11.9 Å². The standard InChI is InChI=1S/C21H24O7/c1-7-27-20(24)16-11(3)9-15(13(5)18(16)23)28-21(25)17-10(2)8-14(22)12(4)19(17)26-6/h8-9,22-23H,7H2,1-6H3. The first-order valence-electron chi connectivity index (χ1n) is 8.73. The van der Waals surface area contributed by atoms with E-state index in [4.69, 9.17) is 14.2 Å². The van der Waals surface area contributed by atoms with Crippen LogP contribution in [0, 0.1) is 27.7 Å². The van der Waals surface area contributed by atoms with Crippen molar-refractivity contribution < 1.29 is 34.0 Å². The highest BCUT2D eigenvalue weighted by atomic mass is 16.5. The summed E-state index contributed by atoms with van der Waals surface area (Å²) in [7, 11) is 1.40. The molecule has 0 aliphatic carbocycles. The van der Waals surface area contributed by atoms with Gasteiger partial charge in [-0.1, -0.05) is 0 Å². The van der Waals surface area contributed by atoms with E-state index in [0.717, 1.165) is 0 Å². The minimum atomic E-state index is -0.705. The van der Waals surface area contributed by atoms with Crippen LogP contribution in [-0.2, 0) is 4.74 Å². The molecular weight excluding hydrogens is 364 g/mol. The number of phenols is 2. The SMILES string of the molecule is CCOC(=O)c1c(C)cc(OC(=O)c2c(C)cc(O)c(C)c2OC)c(C)c1O. The Morgan fingerprint density at radius 1 is 0.929 bits per heavy atom. The maximum Gasteiger partial charge on any atom is 0.347 e. The Morgan fingerprint density at radius 2 is 1.54 bits per heavy atom. The Bertz CT molecular complexity index is 945. The van der Waals surface area contributed by atoms with Crippen molar-refractivity contribution in [2.24, 2.45) is 0 Å². The Kier molecular flexibility index (Phi) is 6.18. The first-order valence-corrected chi connectivity index (χ1v) is 8.73. The van der Waals surface area contributed by atoms with Crippen LogP contribution in [0.25, 0.3) is 0 Å². The van der Waals surface area contributed by atoms with Gasteiger partial charge in [0.25, 0.3) is 0 Å². The first kappa shape index (κ1) is 21.1. The monoisotopic (exact) mass is 388 g/mol. The fraction of sp³-hybridized carbons (Fsp3) is 0.333. The van der Waals surface area contributed by atoms with Gasteiger partial charge in [-0.05, 0) is 57.9 Å². The van der Waals surface area contributed by atoms with Gasteiger partial charge in [0.05, 0.1) is 13.7 Å². The van der Waals surface area contributed by atoms with Gasteiger partial charge < -0.3 is 24.4 Å². The minimum absolute atomic E-state index is 0.00867. The third-order valence-electron chi connectivity index (χ3n) is 4.49. The number of ether oxygens (including phenoxy) is 3. The molecule has 0 radical (unpaired) electrons. The van der Waals surface area contributed by atoms with E-state index in [1.54, 1.807) is 27.7 Å². The van der Waals surface area contributed by atoms with Crippen molar-refractivity contribution in [3.63, 3.8) is 0 Å². The summed E-state index contributed by atoms with van der Waals surface area (Å²) in [4.78, 5) is 24.9. The fourth-order valence-corrected chi connectivity index (χ4v) is 2.96. The molecule has 0 spiro atoms. The second kappa shape index (κ2) is 8.21. The van der Waals surface area contributed by atoms with Crippen molar-refractivity contribution in [1.82, 2.24) is 0 Å². The van der Waals surface area contributed by atoms with Crippen LogP contribution in [0.15, 0.2) is 12.1 Å².